The van der Waals surface area contributed by atoms with Crippen LogP contribution in [0.2, 0.25) is 0 Å². The fourth-order valence-corrected chi connectivity index (χ4v) is 11.6. The largest absolute Gasteiger partial charge is 0.744 e. The predicted molar refractivity (Wildman–Crippen MR) is 185 cm³/mol. The highest BCUT2D eigenvalue weighted by Gasteiger charge is 2.70. The number of aliphatic hydroxyl groups is 2. The van der Waals surface area contributed by atoms with Crippen LogP contribution in [0.1, 0.15) is 122 Å². The quantitative estimate of drug-likeness (QED) is 0.231. The molecule has 6 rings (SSSR count). The van der Waals surface area contributed by atoms with Crippen molar-refractivity contribution in [3.8, 4) is 0 Å². The minimum absolute atomic E-state index is 0.0449. The van der Waals surface area contributed by atoms with Crippen LogP contribution in [0.5, 0.6) is 0 Å². The second kappa shape index (κ2) is 13.8. The van der Waals surface area contributed by atoms with Crippen LogP contribution >= 0.6 is 0 Å². The first-order valence-corrected chi connectivity index (χ1v) is 19.8. The Hall–Kier alpha value is -1.80. The van der Waals surface area contributed by atoms with Crippen molar-refractivity contribution in [3.05, 3.63) is 59.9 Å². The smallest absolute Gasteiger partial charge is 0.187 e. The number of aliphatic hydroxyl groups excluding tert-OH is 1. The summed E-state index contributed by atoms with van der Waals surface area (Å²) in [6.07, 6.45) is 16.9. The van der Waals surface area contributed by atoms with E-state index in [0.29, 0.717) is 23.7 Å². The van der Waals surface area contributed by atoms with Gasteiger partial charge in [-0.2, -0.15) is 4.57 Å². The van der Waals surface area contributed by atoms with Gasteiger partial charge in [0.05, 0.1) is 11.0 Å². The number of benzene rings is 1. The zero-order chi connectivity index (χ0) is 34.4. The molecule has 0 radical (unpaired) electrons. The molecule has 0 bridgehead atoms. The van der Waals surface area contributed by atoms with E-state index in [9.17, 15) is 23.2 Å². The monoisotopic (exact) mass is 667 g/mol. The summed E-state index contributed by atoms with van der Waals surface area (Å²) in [5, 5.41) is 23.3. The normalized spacial score (nSPS) is 37.3. The number of aryl methyl sites for hydroxylation is 2. The average Bonchev–Trinajstić information content (AvgIpc) is 3.35. The highest BCUT2D eigenvalue weighted by molar-refractivity contribution is 7.85. The first kappa shape index (κ1) is 36.5. The Bertz CT molecular complexity index is 1480. The summed E-state index contributed by atoms with van der Waals surface area (Å²) in [6.45, 7) is 16.3. The molecule has 4 saturated carbocycles. The van der Waals surface area contributed by atoms with Crippen LogP contribution < -0.4 is 4.57 Å². The molecule has 0 saturated heterocycles. The molecule has 4 fully saturated rings. The van der Waals surface area contributed by atoms with Crippen molar-refractivity contribution in [2.75, 3.05) is 0 Å². The van der Waals surface area contributed by atoms with E-state index in [-0.39, 0.29) is 22.5 Å². The highest BCUT2D eigenvalue weighted by atomic mass is 32.2. The number of nitrogens with zero attached hydrogens (tertiary/aromatic N) is 1. The fourth-order valence-electron chi connectivity index (χ4n) is 11.2. The van der Waals surface area contributed by atoms with Gasteiger partial charge in [-0.1, -0.05) is 71.6 Å². The van der Waals surface area contributed by atoms with Gasteiger partial charge in [-0.05, 0) is 111 Å². The maximum absolute atomic E-state index is 12.6. The minimum Gasteiger partial charge on any atom is -0.744 e. The van der Waals surface area contributed by atoms with Crippen LogP contribution in [-0.4, -0.2) is 34.9 Å². The zero-order valence-corrected chi connectivity index (χ0v) is 30.8. The Morgan fingerprint density at radius 3 is 2.28 bits per heavy atom. The van der Waals surface area contributed by atoms with Crippen LogP contribution in [0.3, 0.4) is 0 Å². The average molecular weight is 668 g/mol. The third-order valence-corrected chi connectivity index (χ3v) is 14.5. The van der Waals surface area contributed by atoms with Crippen molar-refractivity contribution >= 4 is 10.1 Å². The third kappa shape index (κ3) is 7.11. The van der Waals surface area contributed by atoms with E-state index >= 15 is 0 Å². The molecule has 1 aromatic carbocycles. The molecular formula is C40H61NO5S. The molecule has 0 amide bonds. The zero-order valence-electron chi connectivity index (χ0n) is 30.0. The van der Waals surface area contributed by atoms with Crippen molar-refractivity contribution in [1.29, 1.82) is 0 Å². The van der Waals surface area contributed by atoms with E-state index < -0.39 is 15.7 Å². The summed E-state index contributed by atoms with van der Waals surface area (Å²) in [6, 6.07) is 10.1. The standard InChI is InChI=1S/C33H54NO2.C7H8O3S/c1-22(2)9-7-11-24(4)27-12-13-28-26-19-30(34-18-8-10-23(3)21-34)33(36)20-25(35)14-17-32(33,6)29(26)15-16-31(27,28)5;1-6-2-4-7(5-3-6)11(8,9)10/h8,10,18,21-22,24-30,35-36H,7,9,11-17,19-20H2,1-6H3;2-5H,1H3,(H,8,9,10)/q+1;/p-1. The van der Waals surface area contributed by atoms with Crippen LogP contribution in [-0.2, 0) is 10.1 Å². The molecule has 47 heavy (non-hydrogen) atoms. The van der Waals surface area contributed by atoms with E-state index in [1.165, 1.54) is 62.6 Å². The van der Waals surface area contributed by atoms with E-state index in [1.54, 1.807) is 12.1 Å². The molecule has 6 nitrogen and oxygen atoms in total. The Balaban J connectivity index is 0.000000335. The van der Waals surface area contributed by atoms with Crippen molar-refractivity contribution in [2.24, 2.45) is 46.3 Å². The van der Waals surface area contributed by atoms with Gasteiger partial charge in [-0.15, -0.1) is 0 Å². The van der Waals surface area contributed by atoms with E-state index in [1.807, 2.05) is 6.92 Å². The number of rotatable bonds is 7. The van der Waals surface area contributed by atoms with Crippen molar-refractivity contribution in [2.45, 2.75) is 142 Å². The molecule has 2 aromatic rings. The Kier molecular flexibility index (Phi) is 10.7. The Morgan fingerprint density at radius 2 is 1.64 bits per heavy atom. The van der Waals surface area contributed by atoms with Gasteiger partial charge in [0.15, 0.2) is 18.4 Å². The van der Waals surface area contributed by atoms with Gasteiger partial charge in [0.25, 0.3) is 0 Å². The number of aromatic nitrogens is 1. The predicted octanol–water partition coefficient (Wildman–Crippen LogP) is 7.93. The fraction of sp³-hybridized carbons (Fsp3) is 0.725. The van der Waals surface area contributed by atoms with Crippen LogP contribution in [0.4, 0.5) is 0 Å². The molecule has 10 atom stereocenters. The van der Waals surface area contributed by atoms with Crippen molar-refractivity contribution in [1.82, 2.24) is 0 Å². The number of hydrogen-bond donors (Lipinski definition) is 2. The maximum Gasteiger partial charge on any atom is 0.187 e. The van der Waals surface area contributed by atoms with Gasteiger partial charge in [0.2, 0.25) is 0 Å². The van der Waals surface area contributed by atoms with Crippen LogP contribution in [0.15, 0.2) is 53.7 Å². The number of hydrogen-bond acceptors (Lipinski definition) is 5. The highest BCUT2D eigenvalue weighted by Crippen LogP contribution is 2.70. The summed E-state index contributed by atoms with van der Waals surface area (Å²) in [4.78, 5) is -0.178. The van der Waals surface area contributed by atoms with Gasteiger partial charge < -0.3 is 14.8 Å². The first-order valence-electron chi connectivity index (χ1n) is 18.4. The molecule has 4 aliphatic carbocycles. The summed E-state index contributed by atoms with van der Waals surface area (Å²) < 4.78 is 33.5. The van der Waals surface area contributed by atoms with Crippen LogP contribution in [0, 0.1) is 60.2 Å². The molecule has 1 aromatic heterocycles. The van der Waals surface area contributed by atoms with Crippen LogP contribution in [0.25, 0.3) is 0 Å². The van der Waals surface area contributed by atoms with Crippen molar-refractivity contribution < 1.29 is 27.8 Å². The molecule has 1 heterocycles. The molecule has 2 N–H and O–H groups in total. The summed E-state index contributed by atoms with van der Waals surface area (Å²) >= 11 is 0. The lowest BCUT2D eigenvalue weighted by Crippen LogP contribution is -2.71. The van der Waals surface area contributed by atoms with Gasteiger partial charge in [-0.25, -0.2) is 8.42 Å². The summed E-state index contributed by atoms with van der Waals surface area (Å²) in [7, 11) is -4.27. The molecule has 10 unspecified atom stereocenters. The lowest BCUT2D eigenvalue weighted by Gasteiger charge is -2.64. The van der Waals surface area contributed by atoms with Gasteiger partial charge >= 0.3 is 0 Å². The molecule has 0 spiro atoms. The van der Waals surface area contributed by atoms with Crippen molar-refractivity contribution in [3.63, 3.8) is 0 Å². The molecule has 262 valence electrons. The van der Waals surface area contributed by atoms with E-state index in [2.05, 4.69) is 70.6 Å². The lowest BCUT2D eigenvalue weighted by molar-refractivity contribution is -0.748. The van der Waals surface area contributed by atoms with Gasteiger partial charge in [-0.3, -0.25) is 0 Å². The number of pyridine rings is 1. The van der Waals surface area contributed by atoms with E-state index in [4.69, 9.17) is 0 Å². The molecule has 4 aliphatic rings. The third-order valence-electron chi connectivity index (χ3n) is 13.7. The topological polar surface area (TPSA) is 102 Å². The lowest BCUT2D eigenvalue weighted by atomic mass is 9.42. The minimum atomic E-state index is -4.27. The molecule has 7 heteroatoms. The maximum atomic E-state index is 12.6. The van der Waals surface area contributed by atoms with Gasteiger partial charge in [0, 0.05) is 29.9 Å². The van der Waals surface area contributed by atoms with E-state index in [0.717, 1.165) is 48.5 Å². The molecular weight excluding hydrogens is 607 g/mol. The number of fused-ring (bicyclic) bond motifs is 5. The first-order chi connectivity index (χ1) is 22.0. The van der Waals surface area contributed by atoms with Gasteiger partial charge in [0.1, 0.15) is 15.7 Å². The Labute approximate surface area is 285 Å². The Morgan fingerprint density at radius 1 is 0.936 bits per heavy atom. The molecule has 0 aliphatic heterocycles. The second-order valence-electron chi connectivity index (χ2n) is 17.0. The summed E-state index contributed by atoms with van der Waals surface area (Å²) in [5.41, 5.74) is 1.64. The SMILES string of the molecule is Cc1ccc(S(=O)(=O)[O-])cc1.Cc1ccc[n+](C2CC3C4CCC(C(C)CCCC(C)C)C4(C)CCC3C3(C)CCC(O)CC23O)c1. The summed E-state index contributed by atoms with van der Waals surface area (Å²) in [5.74, 6) is 4.50. The second-order valence-corrected chi connectivity index (χ2v) is 18.4.